The number of nitro groups is 1. The van der Waals surface area contributed by atoms with Crippen LogP contribution in [0.2, 0.25) is 0 Å². The first-order valence-electron chi connectivity index (χ1n) is 13.3. The zero-order valence-corrected chi connectivity index (χ0v) is 21.8. The number of nitrogens with zero attached hydrogens (tertiary/aromatic N) is 3. The Morgan fingerprint density at radius 2 is 1.70 bits per heavy atom. The second kappa shape index (κ2) is 11.9. The van der Waals surface area contributed by atoms with E-state index in [2.05, 4.69) is 0 Å². The van der Waals surface area contributed by atoms with Crippen molar-refractivity contribution in [2.75, 3.05) is 0 Å². The molecule has 0 atom stereocenters. The summed E-state index contributed by atoms with van der Waals surface area (Å²) in [4.78, 5) is 32.6. The quantitative estimate of drug-likeness (QED) is 0.221. The molecule has 2 aromatic carbocycles. The highest BCUT2D eigenvalue weighted by Gasteiger charge is 2.39. The summed E-state index contributed by atoms with van der Waals surface area (Å²) in [6.45, 7) is 0.244. The maximum atomic E-state index is 13.6. The van der Waals surface area contributed by atoms with E-state index in [0.717, 1.165) is 49.3 Å². The summed E-state index contributed by atoms with van der Waals surface area (Å²) in [7, 11) is 0. The van der Waals surface area contributed by atoms with Gasteiger partial charge in [0.05, 0.1) is 15.9 Å². The molecule has 5 rings (SSSR count). The van der Waals surface area contributed by atoms with Gasteiger partial charge < -0.3 is 4.74 Å². The summed E-state index contributed by atoms with van der Waals surface area (Å²) < 4.78 is 5.77. The lowest BCUT2D eigenvalue weighted by Crippen LogP contribution is -2.41. The number of hydrogen-bond donors (Lipinski definition) is 0. The number of carbonyl (C=O) groups excluding carboxylic acids is 1. The van der Waals surface area contributed by atoms with Crippen molar-refractivity contribution in [3.8, 4) is 5.75 Å². The number of aliphatic imine (C=N–C) groups is 1. The van der Waals surface area contributed by atoms with Crippen molar-refractivity contribution in [2.24, 2.45) is 4.99 Å². The van der Waals surface area contributed by atoms with Crippen molar-refractivity contribution in [1.82, 2.24) is 4.90 Å². The average molecular weight is 520 g/mol. The number of thioether (sulfide) groups is 1. The Kier molecular flexibility index (Phi) is 8.24. The second-order valence-electron chi connectivity index (χ2n) is 10.0. The fourth-order valence-electron chi connectivity index (χ4n) is 5.38. The van der Waals surface area contributed by atoms with Crippen LogP contribution in [0, 0.1) is 10.1 Å². The average Bonchev–Trinajstić information content (AvgIpc) is 3.23. The number of amidine groups is 1. The van der Waals surface area contributed by atoms with Crippen LogP contribution in [-0.4, -0.2) is 33.0 Å². The normalized spacial score (nSPS) is 21.6. The highest BCUT2D eigenvalue weighted by molar-refractivity contribution is 8.18. The van der Waals surface area contributed by atoms with Gasteiger partial charge in [0.15, 0.2) is 10.9 Å². The summed E-state index contributed by atoms with van der Waals surface area (Å²) in [5, 5.41) is 12.6. The van der Waals surface area contributed by atoms with Gasteiger partial charge in [-0.2, -0.15) is 0 Å². The molecule has 0 bridgehead atoms. The Balaban J connectivity index is 1.39. The molecule has 7 nitrogen and oxygen atoms in total. The number of ether oxygens (including phenoxy) is 1. The van der Waals surface area contributed by atoms with E-state index in [4.69, 9.17) is 9.73 Å². The topological polar surface area (TPSA) is 85.0 Å². The lowest BCUT2D eigenvalue weighted by molar-refractivity contribution is -0.386. The summed E-state index contributed by atoms with van der Waals surface area (Å²) in [5.41, 5.74) is 1.43. The van der Waals surface area contributed by atoms with Crippen LogP contribution in [0.1, 0.15) is 75.3 Å². The van der Waals surface area contributed by atoms with E-state index in [1.165, 1.54) is 43.5 Å². The fourth-order valence-corrected chi connectivity index (χ4v) is 6.49. The molecule has 2 saturated carbocycles. The monoisotopic (exact) mass is 519 g/mol. The van der Waals surface area contributed by atoms with Crippen LogP contribution < -0.4 is 4.74 Å². The Bertz CT molecular complexity index is 1180. The van der Waals surface area contributed by atoms with Crippen molar-refractivity contribution < 1.29 is 14.5 Å². The maximum absolute atomic E-state index is 13.6. The minimum Gasteiger partial charge on any atom is -0.482 e. The van der Waals surface area contributed by atoms with Crippen molar-refractivity contribution in [2.45, 2.75) is 82.9 Å². The van der Waals surface area contributed by atoms with E-state index in [-0.39, 0.29) is 36.0 Å². The Morgan fingerprint density at radius 1 is 1.00 bits per heavy atom. The predicted octanol–water partition coefficient (Wildman–Crippen LogP) is 7.11. The molecule has 0 N–H and O–H groups in total. The SMILES string of the molecule is O=C1C(=Cc2ccc(OCc3ccccc3)c([N+](=O)[O-])c2)SC(=NC2CCCCC2)N1C1CCCCC1. The van der Waals surface area contributed by atoms with Gasteiger partial charge in [-0.15, -0.1) is 0 Å². The number of rotatable bonds is 7. The standard InChI is InChI=1S/C29H33N3O4S/c33-28-27(37-29(30-23-12-6-2-7-13-23)31(28)24-14-8-3-9-15-24)19-22-16-17-26(25(18-22)32(34)35)36-20-21-10-4-1-5-11-21/h1,4-5,10-11,16-19,23-24H,2-3,6-9,12-15,20H2. The number of carbonyl (C=O) groups is 1. The molecule has 0 aromatic heterocycles. The number of nitro benzene ring substituents is 1. The molecular weight excluding hydrogens is 486 g/mol. The molecule has 2 aliphatic carbocycles. The van der Waals surface area contributed by atoms with Gasteiger partial charge in [-0.25, -0.2) is 0 Å². The fraction of sp³-hybridized carbons (Fsp3) is 0.448. The van der Waals surface area contributed by atoms with Crippen molar-refractivity contribution in [3.05, 3.63) is 74.7 Å². The van der Waals surface area contributed by atoms with Crippen LogP contribution in [0.3, 0.4) is 0 Å². The smallest absolute Gasteiger partial charge is 0.311 e. The number of amides is 1. The third-order valence-corrected chi connectivity index (χ3v) is 8.36. The molecule has 194 valence electrons. The van der Waals surface area contributed by atoms with Gasteiger partial charge >= 0.3 is 5.69 Å². The molecule has 0 unspecified atom stereocenters. The Hall–Kier alpha value is -3.13. The van der Waals surface area contributed by atoms with E-state index >= 15 is 0 Å². The lowest BCUT2D eigenvalue weighted by atomic mass is 9.94. The van der Waals surface area contributed by atoms with Gasteiger partial charge in [-0.05, 0) is 60.7 Å². The van der Waals surface area contributed by atoms with Crippen LogP contribution >= 0.6 is 11.8 Å². The number of hydrogen-bond acceptors (Lipinski definition) is 6. The van der Waals surface area contributed by atoms with Gasteiger partial charge in [-0.3, -0.25) is 24.8 Å². The van der Waals surface area contributed by atoms with Crippen LogP contribution in [-0.2, 0) is 11.4 Å². The molecule has 3 aliphatic rings. The molecule has 8 heteroatoms. The van der Waals surface area contributed by atoms with E-state index in [1.807, 2.05) is 35.2 Å². The van der Waals surface area contributed by atoms with E-state index < -0.39 is 4.92 Å². The molecule has 1 aliphatic heterocycles. The van der Waals surface area contributed by atoms with Crippen LogP contribution in [0.4, 0.5) is 5.69 Å². The lowest BCUT2D eigenvalue weighted by Gasteiger charge is -2.31. The third-order valence-electron chi connectivity index (χ3n) is 7.36. The maximum Gasteiger partial charge on any atom is 0.311 e. The predicted molar refractivity (Wildman–Crippen MR) is 147 cm³/mol. The molecule has 0 radical (unpaired) electrons. The molecule has 1 saturated heterocycles. The zero-order chi connectivity index (χ0) is 25.6. The minimum absolute atomic E-state index is 0.0292. The number of benzene rings is 2. The van der Waals surface area contributed by atoms with Gasteiger partial charge in [0, 0.05) is 12.1 Å². The van der Waals surface area contributed by atoms with E-state index in [0.29, 0.717) is 10.5 Å². The van der Waals surface area contributed by atoms with E-state index in [9.17, 15) is 14.9 Å². The summed E-state index contributed by atoms with van der Waals surface area (Å²) in [6, 6.07) is 14.9. The van der Waals surface area contributed by atoms with Crippen molar-refractivity contribution in [1.29, 1.82) is 0 Å². The highest BCUT2D eigenvalue weighted by atomic mass is 32.2. The van der Waals surface area contributed by atoms with E-state index in [1.54, 1.807) is 18.2 Å². The molecule has 3 fully saturated rings. The first-order chi connectivity index (χ1) is 18.1. The first kappa shape index (κ1) is 25.5. The molecule has 1 amide bonds. The molecule has 1 heterocycles. The summed E-state index contributed by atoms with van der Waals surface area (Å²) in [6.07, 6.45) is 13.0. The highest BCUT2D eigenvalue weighted by Crippen LogP contribution is 2.39. The van der Waals surface area contributed by atoms with Gasteiger partial charge in [0.25, 0.3) is 5.91 Å². The van der Waals surface area contributed by atoms with Crippen molar-refractivity contribution >= 4 is 34.6 Å². The molecular formula is C29H33N3O4S. The molecule has 0 spiro atoms. The van der Waals surface area contributed by atoms with Crippen LogP contribution in [0.25, 0.3) is 6.08 Å². The van der Waals surface area contributed by atoms with Gasteiger partial charge in [0.2, 0.25) is 0 Å². The molecule has 2 aromatic rings. The van der Waals surface area contributed by atoms with Crippen LogP contribution in [0.5, 0.6) is 5.75 Å². The van der Waals surface area contributed by atoms with Gasteiger partial charge in [-0.1, -0.05) is 74.9 Å². The first-order valence-corrected chi connectivity index (χ1v) is 14.2. The third kappa shape index (κ3) is 6.24. The van der Waals surface area contributed by atoms with Crippen LogP contribution in [0.15, 0.2) is 58.4 Å². The Labute approximate surface area is 222 Å². The van der Waals surface area contributed by atoms with Crippen molar-refractivity contribution in [3.63, 3.8) is 0 Å². The molecule has 37 heavy (non-hydrogen) atoms. The minimum atomic E-state index is -0.434. The second-order valence-corrected chi connectivity index (χ2v) is 11.0. The summed E-state index contributed by atoms with van der Waals surface area (Å²) >= 11 is 1.42. The zero-order valence-electron chi connectivity index (χ0n) is 21.0. The Morgan fingerprint density at radius 3 is 2.41 bits per heavy atom. The summed E-state index contributed by atoms with van der Waals surface area (Å²) in [5.74, 6) is 0.184. The largest absolute Gasteiger partial charge is 0.482 e. The van der Waals surface area contributed by atoms with Gasteiger partial charge in [0.1, 0.15) is 6.61 Å².